The van der Waals surface area contributed by atoms with Crippen molar-refractivity contribution in [1.82, 2.24) is 9.55 Å². The monoisotopic (exact) mass is 348 g/mol. The average molecular weight is 349 g/mol. The van der Waals surface area contributed by atoms with Gasteiger partial charge in [-0.05, 0) is 6.42 Å². The Bertz CT molecular complexity index is 395. The van der Waals surface area contributed by atoms with Crippen molar-refractivity contribution in [3.63, 3.8) is 0 Å². The molecule has 0 radical (unpaired) electrons. The van der Waals surface area contributed by atoms with E-state index in [1.807, 2.05) is 6.20 Å². The van der Waals surface area contributed by atoms with Crippen LogP contribution in [0.4, 0.5) is 0 Å². The van der Waals surface area contributed by atoms with E-state index in [1.54, 1.807) is 0 Å². The van der Waals surface area contributed by atoms with Crippen LogP contribution in [0.2, 0.25) is 0 Å². The molecule has 0 saturated carbocycles. The Balaban J connectivity index is 1.81. The Kier molecular flexibility index (Phi) is 13.8. The van der Waals surface area contributed by atoms with E-state index in [2.05, 4.69) is 36.5 Å². The van der Waals surface area contributed by atoms with Gasteiger partial charge in [0, 0.05) is 24.9 Å². The van der Waals surface area contributed by atoms with Crippen molar-refractivity contribution in [2.45, 2.75) is 130 Å². The normalized spacial score (nSPS) is 11.5. The molecule has 1 rings (SSSR count). The van der Waals surface area contributed by atoms with Gasteiger partial charge in [-0.3, -0.25) is 0 Å². The number of aromatic nitrogens is 2. The van der Waals surface area contributed by atoms with Gasteiger partial charge in [-0.2, -0.15) is 0 Å². The molecule has 1 aromatic rings. The van der Waals surface area contributed by atoms with Gasteiger partial charge in [0.25, 0.3) is 0 Å². The van der Waals surface area contributed by atoms with Gasteiger partial charge in [0.05, 0.1) is 0 Å². The minimum Gasteiger partial charge on any atom is -0.335 e. The maximum Gasteiger partial charge on any atom is 0.111 e. The Morgan fingerprint density at radius 3 is 1.60 bits per heavy atom. The molecule has 0 amide bonds. The van der Waals surface area contributed by atoms with Gasteiger partial charge >= 0.3 is 0 Å². The fourth-order valence-corrected chi connectivity index (χ4v) is 3.66. The van der Waals surface area contributed by atoms with Gasteiger partial charge in [0.1, 0.15) is 5.82 Å². The third-order valence-corrected chi connectivity index (χ3v) is 5.27. The van der Waals surface area contributed by atoms with Crippen molar-refractivity contribution in [3.8, 4) is 0 Å². The topological polar surface area (TPSA) is 17.8 Å². The Hall–Kier alpha value is -0.790. The molecule has 25 heavy (non-hydrogen) atoms. The quantitative estimate of drug-likeness (QED) is 0.262. The summed E-state index contributed by atoms with van der Waals surface area (Å²) in [5.74, 6) is 1.77. The summed E-state index contributed by atoms with van der Waals surface area (Å²) in [6, 6.07) is 0. The van der Waals surface area contributed by atoms with E-state index in [-0.39, 0.29) is 0 Å². The third kappa shape index (κ3) is 11.4. The Morgan fingerprint density at radius 1 is 0.720 bits per heavy atom. The third-order valence-electron chi connectivity index (χ3n) is 5.27. The molecule has 0 aliphatic heterocycles. The Morgan fingerprint density at radius 2 is 1.16 bits per heavy atom. The molecule has 0 aromatic carbocycles. The fourth-order valence-electron chi connectivity index (χ4n) is 3.66. The molecule has 1 aromatic heterocycles. The lowest BCUT2D eigenvalue weighted by Gasteiger charge is -2.10. The van der Waals surface area contributed by atoms with Crippen molar-refractivity contribution in [2.24, 2.45) is 0 Å². The summed E-state index contributed by atoms with van der Waals surface area (Å²) in [5, 5.41) is 0. The zero-order chi connectivity index (χ0) is 18.2. The summed E-state index contributed by atoms with van der Waals surface area (Å²) >= 11 is 0. The van der Waals surface area contributed by atoms with E-state index in [4.69, 9.17) is 0 Å². The van der Waals surface area contributed by atoms with Crippen LogP contribution in [0.1, 0.15) is 129 Å². The smallest absolute Gasteiger partial charge is 0.111 e. The highest BCUT2D eigenvalue weighted by Gasteiger charge is 2.06. The van der Waals surface area contributed by atoms with Crippen LogP contribution in [0.5, 0.6) is 0 Å². The molecule has 0 aliphatic carbocycles. The lowest BCUT2D eigenvalue weighted by Crippen LogP contribution is -2.04. The predicted molar refractivity (Wildman–Crippen MR) is 111 cm³/mol. The molecular weight excluding hydrogens is 304 g/mol. The summed E-state index contributed by atoms with van der Waals surface area (Å²) in [7, 11) is 0. The van der Waals surface area contributed by atoms with Crippen LogP contribution in [0.15, 0.2) is 12.4 Å². The van der Waals surface area contributed by atoms with E-state index in [0.717, 1.165) is 6.54 Å². The molecule has 0 N–H and O–H groups in total. The predicted octanol–water partition coefficient (Wildman–Crippen LogP) is 7.88. The summed E-state index contributed by atoms with van der Waals surface area (Å²) in [6.07, 6.45) is 25.5. The first kappa shape index (κ1) is 22.3. The number of rotatable bonds is 17. The zero-order valence-electron chi connectivity index (χ0n) is 17.4. The standard InChI is InChI=1S/C23H44N2/c1-4-5-6-7-8-9-10-11-12-13-14-15-16-17-18-20-25-21-19-24-23(25)22(2)3/h19,21-22H,4-18,20H2,1-3H3. The fraction of sp³-hybridized carbons (Fsp3) is 0.870. The lowest BCUT2D eigenvalue weighted by atomic mass is 10.0. The molecule has 0 spiro atoms. The first-order chi connectivity index (χ1) is 12.3. The number of imidazole rings is 1. The summed E-state index contributed by atoms with van der Waals surface area (Å²) < 4.78 is 2.34. The highest BCUT2D eigenvalue weighted by molar-refractivity contribution is 4.97. The second-order valence-corrected chi connectivity index (χ2v) is 8.08. The van der Waals surface area contributed by atoms with Gasteiger partial charge in [-0.1, -0.05) is 111 Å². The van der Waals surface area contributed by atoms with Gasteiger partial charge in [-0.25, -0.2) is 4.98 Å². The van der Waals surface area contributed by atoms with Gasteiger partial charge in [0.2, 0.25) is 0 Å². The molecule has 0 unspecified atom stereocenters. The number of unbranched alkanes of at least 4 members (excludes halogenated alkanes) is 14. The second kappa shape index (κ2) is 15.5. The van der Waals surface area contributed by atoms with Crippen LogP contribution >= 0.6 is 0 Å². The largest absolute Gasteiger partial charge is 0.335 e. The molecule has 146 valence electrons. The van der Waals surface area contributed by atoms with Crippen molar-refractivity contribution in [1.29, 1.82) is 0 Å². The minimum absolute atomic E-state index is 0.534. The zero-order valence-corrected chi connectivity index (χ0v) is 17.4. The molecule has 1 heterocycles. The maximum absolute atomic E-state index is 4.47. The molecule has 0 bridgehead atoms. The number of aryl methyl sites for hydroxylation is 1. The maximum atomic E-state index is 4.47. The first-order valence-corrected chi connectivity index (χ1v) is 11.3. The minimum atomic E-state index is 0.534. The van der Waals surface area contributed by atoms with Gasteiger partial charge in [0.15, 0.2) is 0 Å². The van der Waals surface area contributed by atoms with Crippen molar-refractivity contribution in [2.75, 3.05) is 0 Å². The number of hydrogen-bond acceptors (Lipinski definition) is 1. The summed E-state index contributed by atoms with van der Waals surface area (Å²) in [5.41, 5.74) is 0. The SMILES string of the molecule is CCCCCCCCCCCCCCCCCn1ccnc1C(C)C. The highest BCUT2D eigenvalue weighted by atomic mass is 15.1. The molecular formula is C23H44N2. The van der Waals surface area contributed by atoms with Crippen LogP contribution in [-0.2, 0) is 6.54 Å². The second-order valence-electron chi connectivity index (χ2n) is 8.08. The van der Waals surface area contributed by atoms with E-state index < -0.39 is 0 Å². The van der Waals surface area contributed by atoms with Crippen LogP contribution < -0.4 is 0 Å². The molecule has 2 heteroatoms. The molecule has 0 atom stereocenters. The van der Waals surface area contributed by atoms with Crippen molar-refractivity contribution >= 4 is 0 Å². The van der Waals surface area contributed by atoms with Crippen LogP contribution in [-0.4, -0.2) is 9.55 Å². The number of nitrogens with zero attached hydrogens (tertiary/aromatic N) is 2. The molecule has 0 fully saturated rings. The van der Waals surface area contributed by atoms with E-state index in [9.17, 15) is 0 Å². The molecule has 0 aliphatic rings. The van der Waals surface area contributed by atoms with Crippen LogP contribution in [0.3, 0.4) is 0 Å². The lowest BCUT2D eigenvalue weighted by molar-refractivity contribution is 0.515. The summed E-state index contributed by atoms with van der Waals surface area (Å²) in [6.45, 7) is 7.89. The molecule has 2 nitrogen and oxygen atoms in total. The van der Waals surface area contributed by atoms with Crippen LogP contribution in [0.25, 0.3) is 0 Å². The first-order valence-electron chi connectivity index (χ1n) is 11.3. The average Bonchev–Trinajstić information content (AvgIpc) is 3.07. The highest BCUT2D eigenvalue weighted by Crippen LogP contribution is 2.15. The van der Waals surface area contributed by atoms with Crippen molar-refractivity contribution < 1.29 is 0 Å². The van der Waals surface area contributed by atoms with E-state index in [0.29, 0.717) is 5.92 Å². The van der Waals surface area contributed by atoms with Gasteiger partial charge < -0.3 is 4.57 Å². The van der Waals surface area contributed by atoms with Gasteiger partial charge in [-0.15, -0.1) is 0 Å². The number of hydrogen-bond donors (Lipinski definition) is 0. The van der Waals surface area contributed by atoms with E-state index >= 15 is 0 Å². The van der Waals surface area contributed by atoms with E-state index in [1.165, 1.54) is 102 Å². The molecule has 0 saturated heterocycles. The van der Waals surface area contributed by atoms with Crippen LogP contribution in [0, 0.1) is 0 Å². The summed E-state index contributed by atoms with van der Waals surface area (Å²) in [4.78, 5) is 4.47. The Labute approximate surface area is 157 Å². The van der Waals surface area contributed by atoms with Crippen molar-refractivity contribution in [3.05, 3.63) is 18.2 Å².